The van der Waals surface area contributed by atoms with Crippen molar-refractivity contribution in [1.82, 2.24) is 0 Å². The van der Waals surface area contributed by atoms with Crippen LogP contribution in [0.5, 0.6) is 0 Å². The fourth-order valence-electron chi connectivity index (χ4n) is 2.34. The van der Waals surface area contributed by atoms with Crippen molar-refractivity contribution in [2.24, 2.45) is 5.92 Å². The molecule has 5 heteroatoms. The van der Waals surface area contributed by atoms with Gasteiger partial charge >= 0.3 is 0 Å². The summed E-state index contributed by atoms with van der Waals surface area (Å²) < 4.78 is 5.77. The molecule has 5 nitrogen and oxygen atoms in total. The molecule has 0 aromatic heterocycles. The zero-order chi connectivity index (χ0) is 14.1. The van der Waals surface area contributed by atoms with Gasteiger partial charge in [0, 0.05) is 12.5 Å². The quantitative estimate of drug-likeness (QED) is 0.364. The van der Waals surface area contributed by atoms with Crippen LogP contribution in [-0.2, 0) is 9.57 Å². The molecule has 0 spiro atoms. The molecular formula is C14H24NO4. The van der Waals surface area contributed by atoms with Gasteiger partial charge in [0.2, 0.25) is 0 Å². The molecule has 0 aliphatic heterocycles. The van der Waals surface area contributed by atoms with Crippen LogP contribution >= 0.6 is 0 Å². The lowest BCUT2D eigenvalue weighted by Gasteiger charge is -2.17. The van der Waals surface area contributed by atoms with Gasteiger partial charge in [0.05, 0.1) is 6.10 Å². The standard InChI is InChI=1S/C14H24NO4/c1-3-5-8-13(19-15(16)17)11-12-7-6-9-14(12)18-10-4-2/h12,14H,3-10H2,1-2H3/t12-,14-/m1/s1. The first-order valence-corrected chi connectivity index (χ1v) is 7.23. The Morgan fingerprint density at radius 1 is 1.37 bits per heavy atom. The zero-order valence-corrected chi connectivity index (χ0v) is 11.9. The fourth-order valence-corrected chi connectivity index (χ4v) is 2.34. The van der Waals surface area contributed by atoms with Crippen molar-refractivity contribution in [3.8, 4) is 0 Å². The molecule has 1 rings (SSSR count). The SMILES string of the molecule is CCCCC(=[C][C@H]1CCC[C@H]1OCCC)O[N+](=O)[O-]. The lowest BCUT2D eigenvalue weighted by atomic mass is 10.0. The van der Waals surface area contributed by atoms with E-state index in [1.165, 1.54) is 0 Å². The van der Waals surface area contributed by atoms with Crippen molar-refractivity contribution in [3.63, 3.8) is 0 Å². The summed E-state index contributed by atoms with van der Waals surface area (Å²) in [7, 11) is 0. The molecule has 0 aromatic carbocycles. The van der Waals surface area contributed by atoms with Crippen LogP contribution in [0, 0.1) is 22.1 Å². The number of ether oxygens (including phenoxy) is 1. The molecule has 0 amide bonds. The van der Waals surface area contributed by atoms with Gasteiger partial charge in [0.1, 0.15) is 5.76 Å². The Morgan fingerprint density at radius 2 is 2.16 bits per heavy atom. The van der Waals surface area contributed by atoms with E-state index in [0.717, 1.165) is 45.1 Å². The van der Waals surface area contributed by atoms with Gasteiger partial charge in [-0.2, -0.15) is 0 Å². The maximum Gasteiger partial charge on any atom is 0.299 e. The van der Waals surface area contributed by atoms with E-state index in [1.54, 1.807) is 0 Å². The average molecular weight is 270 g/mol. The molecule has 0 heterocycles. The largest absolute Gasteiger partial charge is 0.378 e. The summed E-state index contributed by atoms with van der Waals surface area (Å²) in [4.78, 5) is 15.1. The normalized spacial score (nSPS) is 23.6. The minimum absolute atomic E-state index is 0.137. The van der Waals surface area contributed by atoms with Crippen LogP contribution in [0.4, 0.5) is 0 Å². The highest BCUT2D eigenvalue weighted by atomic mass is 17.0. The van der Waals surface area contributed by atoms with Crippen molar-refractivity contribution >= 4 is 0 Å². The molecule has 1 aliphatic rings. The number of nitrogens with zero attached hydrogens (tertiary/aromatic N) is 1. The molecule has 0 N–H and O–H groups in total. The Hall–Kier alpha value is -1.10. The number of hydrogen-bond donors (Lipinski definition) is 0. The van der Waals surface area contributed by atoms with E-state index in [4.69, 9.17) is 4.74 Å². The van der Waals surface area contributed by atoms with E-state index in [9.17, 15) is 10.1 Å². The van der Waals surface area contributed by atoms with Crippen molar-refractivity contribution in [1.29, 1.82) is 0 Å². The Kier molecular flexibility index (Phi) is 7.48. The van der Waals surface area contributed by atoms with Gasteiger partial charge in [-0.05, 0) is 38.2 Å². The van der Waals surface area contributed by atoms with Crippen LogP contribution in [0.15, 0.2) is 5.76 Å². The summed E-state index contributed by atoms with van der Waals surface area (Å²) in [6, 6.07) is 0. The third-order valence-electron chi connectivity index (χ3n) is 3.28. The second kappa shape index (κ2) is 8.91. The molecule has 1 radical (unpaired) electrons. The first kappa shape index (κ1) is 16.0. The van der Waals surface area contributed by atoms with Crippen molar-refractivity contribution in [3.05, 3.63) is 21.9 Å². The van der Waals surface area contributed by atoms with Gasteiger partial charge in [0.15, 0.2) is 0 Å². The summed E-state index contributed by atoms with van der Waals surface area (Å²) >= 11 is 0. The van der Waals surface area contributed by atoms with Gasteiger partial charge in [-0.3, -0.25) is 4.84 Å². The second-order valence-corrected chi connectivity index (χ2v) is 4.93. The molecule has 0 aromatic rings. The predicted molar refractivity (Wildman–Crippen MR) is 71.7 cm³/mol. The molecule has 2 atom stereocenters. The maximum atomic E-state index is 10.5. The molecule has 109 valence electrons. The van der Waals surface area contributed by atoms with Crippen molar-refractivity contribution in [2.75, 3.05) is 6.61 Å². The van der Waals surface area contributed by atoms with Crippen LogP contribution in [-0.4, -0.2) is 17.8 Å². The lowest BCUT2D eigenvalue weighted by molar-refractivity contribution is -0.743. The first-order chi connectivity index (χ1) is 9.17. The molecule has 19 heavy (non-hydrogen) atoms. The molecule has 1 fully saturated rings. The molecule has 1 saturated carbocycles. The molecule has 1 aliphatic carbocycles. The van der Waals surface area contributed by atoms with E-state index in [0.29, 0.717) is 12.2 Å². The number of unbranched alkanes of at least 4 members (excludes halogenated alkanes) is 1. The first-order valence-electron chi connectivity index (χ1n) is 7.23. The topological polar surface area (TPSA) is 61.6 Å². The van der Waals surface area contributed by atoms with Crippen LogP contribution < -0.4 is 0 Å². The highest BCUT2D eigenvalue weighted by Gasteiger charge is 2.27. The summed E-state index contributed by atoms with van der Waals surface area (Å²) in [6.07, 6.45) is 9.81. The van der Waals surface area contributed by atoms with Gasteiger partial charge < -0.3 is 4.74 Å². The Balaban J connectivity index is 2.60. The third-order valence-corrected chi connectivity index (χ3v) is 3.28. The summed E-state index contributed by atoms with van der Waals surface area (Å²) in [5.41, 5.74) is 0. The van der Waals surface area contributed by atoms with E-state index < -0.39 is 5.09 Å². The number of hydrogen-bond acceptors (Lipinski definition) is 4. The van der Waals surface area contributed by atoms with Crippen molar-refractivity contribution < 1.29 is 14.7 Å². The molecular weight excluding hydrogens is 246 g/mol. The fraction of sp³-hybridized carbons (Fsp3) is 0.857. The molecule has 0 saturated heterocycles. The Morgan fingerprint density at radius 3 is 2.79 bits per heavy atom. The lowest BCUT2D eigenvalue weighted by Crippen LogP contribution is -2.18. The predicted octanol–water partition coefficient (Wildman–Crippen LogP) is 3.67. The van der Waals surface area contributed by atoms with E-state index >= 15 is 0 Å². The van der Waals surface area contributed by atoms with Crippen molar-refractivity contribution in [2.45, 2.75) is 64.9 Å². The maximum absolute atomic E-state index is 10.5. The highest BCUT2D eigenvalue weighted by molar-refractivity contribution is 4.95. The highest BCUT2D eigenvalue weighted by Crippen LogP contribution is 2.30. The van der Waals surface area contributed by atoms with Gasteiger partial charge in [0.25, 0.3) is 5.09 Å². The molecule has 0 bridgehead atoms. The van der Waals surface area contributed by atoms with E-state index in [-0.39, 0.29) is 12.0 Å². The summed E-state index contributed by atoms with van der Waals surface area (Å²) in [5, 5.41) is 9.75. The minimum Gasteiger partial charge on any atom is -0.378 e. The Bertz CT molecular complexity index is 304. The number of allylic oxidation sites excluding steroid dienone is 1. The summed E-state index contributed by atoms with van der Waals surface area (Å²) in [5.74, 6) is 0.502. The number of rotatable bonds is 9. The van der Waals surface area contributed by atoms with Crippen LogP contribution in [0.2, 0.25) is 0 Å². The third kappa shape index (κ3) is 6.05. The smallest absolute Gasteiger partial charge is 0.299 e. The van der Waals surface area contributed by atoms with Gasteiger partial charge in [-0.15, -0.1) is 10.1 Å². The minimum atomic E-state index is -0.741. The van der Waals surface area contributed by atoms with Crippen LogP contribution in [0.3, 0.4) is 0 Å². The zero-order valence-electron chi connectivity index (χ0n) is 11.9. The van der Waals surface area contributed by atoms with Crippen LogP contribution in [0.1, 0.15) is 58.8 Å². The average Bonchev–Trinajstić information content (AvgIpc) is 2.80. The van der Waals surface area contributed by atoms with Crippen LogP contribution in [0.25, 0.3) is 0 Å². The second-order valence-electron chi connectivity index (χ2n) is 4.93. The summed E-state index contributed by atoms with van der Waals surface area (Å²) in [6.45, 7) is 4.86. The van der Waals surface area contributed by atoms with Gasteiger partial charge in [-0.25, -0.2) is 0 Å². The Labute approximate surface area is 115 Å². The van der Waals surface area contributed by atoms with Gasteiger partial charge in [-0.1, -0.05) is 26.7 Å². The van der Waals surface area contributed by atoms with E-state index in [1.807, 2.05) is 6.92 Å². The van der Waals surface area contributed by atoms with E-state index in [2.05, 4.69) is 17.8 Å². The monoisotopic (exact) mass is 270 g/mol. The molecule has 0 unspecified atom stereocenters.